The first-order valence-electron chi connectivity index (χ1n) is 3.17. The summed E-state index contributed by atoms with van der Waals surface area (Å²) < 4.78 is 0. The third-order valence-corrected chi connectivity index (χ3v) is 2.96. The van der Waals surface area contributed by atoms with Gasteiger partial charge in [0.1, 0.15) is 5.56 Å². The van der Waals surface area contributed by atoms with Crippen molar-refractivity contribution in [3.05, 3.63) is 31.7 Å². The van der Waals surface area contributed by atoms with Gasteiger partial charge in [0.25, 0.3) is 0 Å². The van der Waals surface area contributed by atoms with Crippen molar-refractivity contribution < 1.29 is 14.9 Å². The molecule has 7 heteroatoms. The van der Waals surface area contributed by atoms with E-state index in [1.807, 2.05) is 0 Å². The quantitative estimate of drug-likeness (QED) is 0.366. The van der Waals surface area contributed by atoms with Crippen molar-refractivity contribution in [2.45, 2.75) is 0 Å². The Labute approximate surface area is 99.0 Å². The lowest BCUT2D eigenvalue weighted by atomic mass is 10.2. The van der Waals surface area contributed by atoms with Crippen LogP contribution < -0.4 is 0 Å². The zero-order valence-electron chi connectivity index (χ0n) is 6.35. The molecule has 0 aliphatic carbocycles. The normalized spacial score (nSPS) is 10.1. The van der Waals surface area contributed by atoms with Crippen molar-refractivity contribution in [2.75, 3.05) is 0 Å². The Bertz CT molecular complexity index is 391. The molecule has 0 aliphatic heterocycles. The molecule has 0 heterocycles. The highest BCUT2D eigenvalue weighted by molar-refractivity contribution is 6.51. The van der Waals surface area contributed by atoms with Gasteiger partial charge in [0.15, 0.2) is 0 Å². The Morgan fingerprint density at radius 1 is 1.14 bits per heavy atom. The number of carbonyl (C=O) groups is 1. The molecule has 1 aromatic carbocycles. The molecule has 0 saturated carbocycles. The second-order valence-corrected chi connectivity index (χ2v) is 3.79. The topological polar surface area (TPSA) is 46.5 Å². The average molecular weight is 276 g/mol. The van der Waals surface area contributed by atoms with Crippen LogP contribution in [0.2, 0.25) is 20.1 Å². The number of benzene rings is 1. The maximum atomic E-state index is 11.0. The van der Waals surface area contributed by atoms with Crippen molar-refractivity contribution in [2.24, 2.45) is 0 Å². The summed E-state index contributed by atoms with van der Waals surface area (Å²) in [7, 11) is 0. The van der Waals surface area contributed by atoms with Gasteiger partial charge in [0, 0.05) is 0 Å². The molecule has 0 atom stereocenters. The maximum Gasteiger partial charge on any atom is 0.375 e. The minimum Gasteiger partial charge on any atom is -0.295 e. The van der Waals surface area contributed by atoms with Crippen molar-refractivity contribution >= 4 is 52.4 Å². The van der Waals surface area contributed by atoms with E-state index < -0.39 is 5.97 Å². The van der Waals surface area contributed by atoms with Crippen LogP contribution >= 0.6 is 46.4 Å². The van der Waals surface area contributed by atoms with Crippen LogP contribution in [-0.4, -0.2) is 11.2 Å². The van der Waals surface area contributed by atoms with E-state index in [1.54, 1.807) is 0 Å². The lowest BCUT2D eigenvalue weighted by molar-refractivity contribution is -0.182. The lowest BCUT2D eigenvalue weighted by Gasteiger charge is -2.06. The third kappa shape index (κ3) is 2.07. The maximum absolute atomic E-state index is 11.0. The van der Waals surface area contributed by atoms with Crippen molar-refractivity contribution in [3.8, 4) is 0 Å². The second-order valence-electron chi connectivity index (χ2n) is 2.22. The molecule has 0 aromatic heterocycles. The minimum atomic E-state index is -1.10. The van der Waals surface area contributed by atoms with Gasteiger partial charge in [0.05, 0.1) is 20.1 Å². The lowest BCUT2D eigenvalue weighted by Crippen LogP contribution is -2.04. The molecule has 1 rings (SSSR count). The van der Waals surface area contributed by atoms with E-state index >= 15 is 0 Å². The molecule has 3 nitrogen and oxygen atoms in total. The van der Waals surface area contributed by atoms with Gasteiger partial charge in [-0.15, -0.1) is 0 Å². The van der Waals surface area contributed by atoms with E-state index in [1.165, 1.54) is 6.07 Å². The van der Waals surface area contributed by atoms with E-state index in [2.05, 4.69) is 4.89 Å². The number of rotatable bonds is 1. The van der Waals surface area contributed by atoms with Crippen molar-refractivity contribution in [1.82, 2.24) is 0 Å². The first-order valence-corrected chi connectivity index (χ1v) is 4.69. The van der Waals surface area contributed by atoms with Crippen LogP contribution in [0.25, 0.3) is 0 Å². The van der Waals surface area contributed by atoms with Crippen LogP contribution in [-0.2, 0) is 4.89 Å². The van der Waals surface area contributed by atoms with Crippen LogP contribution in [0.3, 0.4) is 0 Å². The highest BCUT2D eigenvalue weighted by Gasteiger charge is 2.21. The van der Waals surface area contributed by atoms with Gasteiger partial charge in [-0.1, -0.05) is 46.4 Å². The van der Waals surface area contributed by atoms with Crippen molar-refractivity contribution in [1.29, 1.82) is 0 Å². The number of hydrogen-bond donors (Lipinski definition) is 1. The molecule has 0 spiro atoms. The van der Waals surface area contributed by atoms with Crippen LogP contribution in [0.15, 0.2) is 6.07 Å². The third-order valence-electron chi connectivity index (χ3n) is 1.40. The molecule has 0 aliphatic rings. The summed E-state index contributed by atoms with van der Waals surface area (Å²) in [6, 6.07) is 1.23. The monoisotopic (exact) mass is 274 g/mol. The second kappa shape index (κ2) is 4.55. The molecular weight excluding hydrogens is 274 g/mol. The summed E-state index contributed by atoms with van der Waals surface area (Å²) in [5, 5.41) is 8.02. The van der Waals surface area contributed by atoms with Gasteiger partial charge in [-0.25, -0.2) is 4.79 Å². The van der Waals surface area contributed by atoms with Crippen LogP contribution in [0, 0.1) is 0 Å². The van der Waals surface area contributed by atoms with Crippen LogP contribution in [0.1, 0.15) is 10.4 Å². The van der Waals surface area contributed by atoms with E-state index in [9.17, 15) is 4.79 Å². The Morgan fingerprint density at radius 2 is 1.71 bits per heavy atom. The Morgan fingerprint density at radius 3 is 2.21 bits per heavy atom. The highest BCUT2D eigenvalue weighted by atomic mass is 35.5. The van der Waals surface area contributed by atoms with Crippen LogP contribution in [0.5, 0.6) is 0 Å². The van der Waals surface area contributed by atoms with Gasteiger partial charge >= 0.3 is 5.97 Å². The molecule has 1 N–H and O–H groups in total. The van der Waals surface area contributed by atoms with Crippen LogP contribution in [0.4, 0.5) is 0 Å². The Balaban J connectivity index is 3.44. The molecule has 0 amide bonds. The average Bonchev–Trinajstić information content (AvgIpc) is 2.14. The number of carbonyl (C=O) groups excluding carboxylic acids is 1. The molecule has 0 saturated heterocycles. The zero-order chi connectivity index (χ0) is 10.9. The van der Waals surface area contributed by atoms with Gasteiger partial charge in [-0.2, -0.15) is 5.26 Å². The van der Waals surface area contributed by atoms with Crippen molar-refractivity contribution in [3.63, 3.8) is 0 Å². The molecule has 0 unspecified atom stereocenters. The van der Waals surface area contributed by atoms with E-state index in [0.29, 0.717) is 0 Å². The van der Waals surface area contributed by atoms with E-state index in [-0.39, 0.29) is 25.7 Å². The highest BCUT2D eigenvalue weighted by Crippen LogP contribution is 2.37. The zero-order valence-corrected chi connectivity index (χ0v) is 9.38. The van der Waals surface area contributed by atoms with Gasteiger partial charge in [-0.05, 0) is 6.07 Å². The van der Waals surface area contributed by atoms with Gasteiger partial charge in [0.2, 0.25) is 0 Å². The molecule has 0 bridgehead atoms. The summed E-state index contributed by atoms with van der Waals surface area (Å²) in [4.78, 5) is 14.5. The standard InChI is InChI=1S/C7H2Cl4O3/c8-2-1-3(9)5(10)6(11)4(2)7(12)14-13/h1,13H. The Hall–Kier alpha value is -0.190. The molecule has 0 radical (unpaired) electrons. The van der Waals surface area contributed by atoms with E-state index in [0.717, 1.165) is 0 Å². The molecule has 14 heavy (non-hydrogen) atoms. The summed E-state index contributed by atoms with van der Waals surface area (Å²) in [5.74, 6) is -1.10. The Kier molecular flexibility index (Phi) is 3.86. The molecule has 76 valence electrons. The first kappa shape index (κ1) is 11.9. The van der Waals surface area contributed by atoms with Gasteiger partial charge < -0.3 is 0 Å². The van der Waals surface area contributed by atoms with E-state index in [4.69, 9.17) is 51.7 Å². The SMILES string of the molecule is O=C(OO)c1c(Cl)cc(Cl)c(Cl)c1Cl. The molecule has 0 fully saturated rings. The number of hydrogen-bond acceptors (Lipinski definition) is 3. The molecule has 1 aromatic rings. The smallest absolute Gasteiger partial charge is 0.295 e. The largest absolute Gasteiger partial charge is 0.375 e. The minimum absolute atomic E-state index is 0.0295. The predicted octanol–water partition coefficient (Wildman–Crippen LogP) is 3.93. The summed E-state index contributed by atoms with van der Waals surface area (Å²) in [6.07, 6.45) is 0. The summed E-state index contributed by atoms with van der Waals surface area (Å²) in [5.41, 5.74) is -0.231. The number of halogens is 4. The fraction of sp³-hybridized carbons (Fsp3) is 0. The fourth-order valence-electron chi connectivity index (χ4n) is 0.799. The fourth-order valence-corrected chi connectivity index (χ4v) is 1.87. The predicted molar refractivity (Wildman–Crippen MR) is 54.5 cm³/mol. The van der Waals surface area contributed by atoms with Gasteiger partial charge in [-0.3, -0.25) is 4.89 Å². The summed E-state index contributed by atoms with van der Waals surface area (Å²) >= 11 is 22.6. The summed E-state index contributed by atoms with van der Waals surface area (Å²) in [6.45, 7) is 0. The first-order chi connectivity index (χ1) is 6.49. The molecular formula is C7H2Cl4O3.